The lowest BCUT2D eigenvalue weighted by molar-refractivity contribution is 0.142. The van der Waals surface area contributed by atoms with Crippen LogP contribution in [0.4, 0.5) is 4.79 Å². The summed E-state index contributed by atoms with van der Waals surface area (Å²) >= 11 is 3.95. The van der Waals surface area contributed by atoms with Crippen LogP contribution >= 0.6 is 15.9 Å². The van der Waals surface area contributed by atoms with E-state index < -0.39 is 6.09 Å². The van der Waals surface area contributed by atoms with E-state index in [4.69, 9.17) is 4.98 Å². The second-order valence-electron chi connectivity index (χ2n) is 8.54. The quantitative estimate of drug-likeness (QED) is 0.602. The molecule has 3 aliphatic rings. The van der Waals surface area contributed by atoms with E-state index in [1.165, 1.54) is 61.2 Å². The maximum Gasteiger partial charge on any atom is 0.407 e. The molecule has 1 amide bonds. The highest BCUT2D eigenvalue weighted by molar-refractivity contribution is 9.10. The van der Waals surface area contributed by atoms with Crippen LogP contribution in [0.15, 0.2) is 34.4 Å². The molecule has 5 rings (SSSR count). The van der Waals surface area contributed by atoms with Gasteiger partial charge in [-0.1, -0.05) is 39.7 Å². The van der Waals surface area contributed by atoms with Gasteiger partial charge in [0.1, 0.15) is 0 Å². The van der Waals surface area contributed by atoms with Crippen LogP contribution in [0.2, 0.25) is 0 Å². The van der Waals surface area contributed by atoms with Crippen LogP contribution in [-0.2, 0) is 12.8 Å². The number of benzene rings is 1. The number of hydrogen-bond donors (Lipinski definition) is 1. The summed E-state index contributed by atoms with van der Waals surface area (Å²) in [6.07, 6.45) is 7.27. The Labute approximate surface area is 179 Å². The topological polar surface area (TPSA) is 53.4 Å². The van der Waals surface area contributed by atoms with Crippen molar-refractivity contribution in [1.29, 1.82) is 0 Å². The van der Waals surface area contributed by atoms with Gasteiger partial charge in [0.05, 0.1) is 5.69 Å². The molecule has 2 heterocycles. The highest BCUT2D eigenvalue weighted by atomic mass is 79.9. The first-order valence-electron chi connectivity index (χ1n) is 10.5. The minimum atomic E-state index is -0.818. The summed E-state index contributed by atoms with van der Waals surface area (Å²) < 4.78 is 1.28. The van der Waals surface area contributed by atoms with E-state index in [1.54, 1.807) is 0 Å². The van der Waals surface area contributed by atoms with Crippen LogP contribution < -0.4 is 0 Å². The van der Waals surface area contributed by atoms with Gasteiger partial charge in [-0.2, -0.15) is 0 Å². The first kappa shape index (κ1) is 18.9. The summed E-state index contributed by atoms with van der Waals surface area (Å²) in [5, 5.41) is 9.34. The summed E-state index contributed by atoms with van der Waals surface area (Å²) in [6, 6.07) is 6.87. The number of fused-ring (bicyclic) bond motifs is 2. The number of amides is 1. The predicted molar refractivity (Wildman–Crippen MR) is 117 cm³/mol. The molecule has 2 aromatic rings. The lowest BCUT2D eigenvalue weighted by atomic mass is 9.87. The van der Waals surface area contributed by atoms with Gasteiger partial charge in [-0.3, -0.25) is 4.98 Å². The molecule has 1 aliphatic heterocycles. The predicted octanol–water partition coefficient (Wildman–Crippen LogP) is 5.70. The first-order chi connectivity index (χ1) is 14.0. The third-order valence-electron chi connectivity index (χ3n) is 6.54. The molecule has 0 radical (unpaired) electrons. The zero-order valence-electron chi connectivity index (χ0n) is 16.7. The molecule has 29 heavy (non-hydrogen) atoms. The van der Waals surface area contributed by atoms with Gasteiger partial charge in [-0.15, -0.1) is 0 Å². The maximum absolute atomic E-state index is 11.4. The van der Waals surface area contributed by atoms with Crippen LogP contribution in [0.25, 0.3) is 5.57 Å². The second kappa shape index (κ2) is 7.28. The molecule has 1 N–H and O–H groups in total. The number of halogens is 1. The number of nitrogens with zero attached hydrogens (tertiary/aromatic N) is 2. The SMILES string of the molecule is Cc1cnc2c(c1)CCc1c(ccc(C3CC3)c1Br)C2=C1CCN(C(=O)O)CC1. The van der Waals surface area contributed by atoms with Crippen molar-refractivity contribution in [3.05, 3.63) is 68.0 Å². The molecule has 150 valence electrons. The molecule has 5 heteroatoms. The smallest absolute Gasteiger partial charge is 0.407 e. The van der Waals surface area contributed by atoms with Gasteiger partial charge in [0.15, 0.2) is 0 Å². The molecular weight excluding hydrogens is 428 g/mol. The van der Waals surface area contributed by atoms with Crippen molar-refractivity contribution in [2.24, 2.45) is 0 Å². The van der Waals surface area contributed by atoms with Crippen molar-refractivity contribution >= 4 is 27.6 Å². The van der Waals surface area contributed by atoms with Crippen molar-refractivity contribution in [2.75, 3.05) is 13.1 Å². The number of pyridine rings is 1. The van der Waals surface area contributed by atoms with Crippen LogP contribution in [0.3, 0.4) is 0 Å². The van der Waals surface area contributed by atoms with Gasteiger partial charge in [-0.25, -0.2) is 4.79 Å². The summed E-state index contributed by atoms with van der Waals surface area (Å²) in [6.45, 7) is 3.22. The normalized spacial score (nSPS) is 18.9. The number of carboxylic acid groups (broad SMARTS) is 1. The van der Waals surface area contributed by atoms with Gasteiger partial charge in [-0.05, 0) is 79.2 Å². The second-order valence-corrected chi connectivity index (χ2v) is 9.33. The van der Waals surface area contributed by atoms with Gasteiger partial charge in [0.2, 0.25) is 0 Å². The van der Waals surface area contributed by atoms with Gasteiger partial charge in [0, 0.05) is 29.3 Å². The van der Waals surface area contributed by atoms with E-state index in [0.717, 1.165) is 31.4 Å². The lowest BCUT2D eigenvalue weighted by Crippen LogP contribution is -2.35. The summed E-state index contributed by atoms with van der Waals surface area (Å²) in [5.74, 6) is 0.704. The van der Waals surface area contributed by atoms with E-state index in [-0.39, 0.29) is 0 Å². The monoisotopic (exact) mass is 452 g/mol. The number of aryl methyl sites for hydroxylation is 2. The van der Waals surface area contributed by atoms with E-state index >= 15 is 0 Å². The minimum absolute atomic E-state index is 0.562. The Hall–Kier alpha value is -2.14. The van der Waals surface area contributed by atoms with Crippen LogP contribution in [0, 0.1) is 6.92 Å². The minimum Gasteiger partial charge on any atom is -0.465 e. The molecule has 1 aromatic carbocycles. The van der Waals surface area contributed by atoms with E-state index in [1.807, 2.05) is 6.20 Å². The highest BCUT2D eigenvalue weighted by Gasteiger charge is 2.31. The van der Waals surface area contributed by atoms with Gasteiger partial charge < -0.3 is 10.0 Å². The number of aromatic nitrogens is 1. The Balaban J connectivity index is 1.67. The van der Waals surface area contributed by atoms with E-state index in [9.17, 15) is 9.90 Å². The first-order valence-corrected chi connectivity index (χ1v) is 11.3. The number of rotatable bonds is 1. The van der Waals surface area contributed by atoms with E-state index in [0.29, 0.717) is 19.0 Å². The standard InChI is InChI=1S/C24H25BrN2O2/c1-14-12-17-4-5-20-19(7-6-18(22(20)25)15-2-3-15)21(23(17)26-13-14)16-8-10-27(11-9-16)24(28)29/h6-7,12-13,15H,2-5,8-11H2,1H3,(H,28,29). The maximum atomic E-state index is 11.4. The third-order valence-corrected chi connectivity index (χ3v) is 7.47. The molecule has 0 unspecified atom stereocenters. The number of hydrogen-bond acceptors (Lipinski definition) is 2. The summed E-state index contributed by atoms with van der Waals surface area (Å²) in [5.41, 5.74) is 10.3. The Kier molecular flexibility index (Phi) is 4.73. The zero-order chi connectivity index (χ0) is 20.1. The third kappa shape index (κ3) is 3.39. The van der Waals surface area contributed by atoms with E-state index in [2.05, 4.69) is 41.1 Å². The lowest BCUT2D eigenvalue weighted by Gasteiger charge is -2.28. The van der Waals surface area contributed by atoms with Crippen LogP contribution in [0.1, 0.15) is 65.1 Å². The van der Waals surface area contributed by atoms with Crippen molar-refractivity contribution < 1.29 is 9.90 Å². The largest absolute Gasteiger partial charge is 0.465 e. The molecule has 1 aromatic heterocycles. The molecule has 2 fully saturated rings. The highest BCUT2D eigenvalue weighted by Crippen LogP contribution is 2.47. The molecule has 2 aliphatic carbocycles. The number of carbonyl (C=O) groups is 1. The Morgan fingerprint density at radius 2 is 1.93 bits per heavy atom. The number of likely N-dealkylation sites (tertiary alicyclic amines) is 1. The van der Waals surface area contributed by atoms with Crippen molar-refractivity contribution in [2.45, 2.75) is 51.4 Å². The fourth-order valence-electron chi connectivity index (χ4n) is 4.84. The molecule has 0 atom stereocenters. The summed E-state index contributed by atoms with van der Waals surface area (Å²) in [7, 11) is 0. The zero-order valence-corrected chi connectivity index (χ0v) is 18.3. The molecule has 4 nitrogen and oxygen atoms in total. The van der Waals surface area contributed by atoms with Gasteiger partial charge >= 0.3 is 6.09 Å². The molecule has 0 bridgehead atoms. The number of piperidine rings is 1. The molecular formula is C24H25BrN2O2. The Bertz CT molecular complexity index is 1030. The van der Waals surface area contributed by atoms with Crippen molar-refractivity contribution in [3.63, 3.8) is 0 Å². The molecule has 1 saturated heterocycles. The van der Waals surface area contributed by atoms with Crippen LogP contribution in [0.5, 0.6) is 0 Å². The molecule has 1 saturated carbocycles. The van der Waals surface area contributed by atoms with Crippen molar-refractivity contribution in [3.8, 4) is 0 Å². The Morgan fingerprint density at radius 3 is 2.62 bits per heavy atom. The van der Waals surface area contributed by atoms with Gasteiger partial charge in [0.25, 0.3) is 0 Å². The summed E-state index contributed by atoms with van der Waals surface area (Å²) in [4.78, 5) is 17.8. The fourth-order valence-corrected chi connectivity index (χ4v) is 5.70. The van der Waals surface area contributed by atoms with Crippen LogP contribution in [-0.4, -0.2) is 34.2 Å². The average molecular weight is 453 g/mol. The average Bonchev–Trinajstić information content (AvgIpc) is 3.55. The fraction of sp³-hybridized carbons (Fsp3) is 0.417. The van der Waals surface area contributed by atoms with Crippen molar-refractivity contribution in [1.82, 2.24) is 9.88 Å². The Morgan fingerprint density at radius 1 is 1.17 bits per heavy atom. The molecule has 0 spiro atoms.